The van der Waals surface area contributed by atoms with Crippen LogP contribution in [-0.4, -0.2) is 54.1 Å². The summed E-state index contributed by atoms with van der Waals surface area (Å²) >= 11 is 0. The summed E-state index contributed by atoms with van der Waals surface area (Å²) in [5.41, 5.74) is 0. The molecule has 0 aliphatic carbocycles. The minimum Gasteiger partial charge on any atom is -0.480 e. The monoisotopic (exact) mass is 252 g/mol. The quantitative estimate of drug-likeness (QED) is 0.567. The Morgan fingerprint density at radius 3 is 2.69 bits per heavy atom. The molecule has 94 valence electrons. The fourth-order valence-corrected chi connectivity index (χ4v) is 3.10. The average molecular weight is 252 g/mol. The molecule has 0 spiro atoms. The summed E-state index contributed by atoms with van der Waals surface area (Å²) in [4.78, 5) is 10.8. The van der Waals surface area contributed by atoms with Crippen LogP contribution in [0.1, 0.15) is 19.8 Å². The van der Waals surface area contributed by atoms with E-state index in [1.54, 1.807) is 6.92 Å². The highest BCUT2D eigenvalue weighted by molar-refractivity contribution is 7.87. The summed E-state index contributed by atoms with van der Waals surface area (Å²) in [6.07, 6.45) is -0.366. The SMILES string of the molecule is CCCNS(=O)(=O)N1C[C@@H](O)C[C@H]1C(=O)O. The third-order valence-electron chi connectivity index (χ3n) is 2.36. The van der Waals surface area contributed by atoms with Gasteiger partial charge in [-0.25, -0.2) is 4.72 Å². The number of carboxylic acid groups (broad SMARTS) is 1. The number of aliphatic hydroxyl groups is 1. The van der Waals surface area contributed by atoms with Crippen molar-refractivity contribution in [1.82, 2.24) is 9.03 Å². The van der Waals surface area contributed by atoms with E-state index in [9.17, 15) is 18.3 Å². The summed E-state index contributed by atoms with van der Waals surface area (Å²) < 4.78 is 26.5. The van der Waals surface area contributed by atoms with Crippen molar-refractivity contribution < 1.29 is 23.4 Å². The third kappa shape index (κ3) is 2.91. The second-order valence-corrected chi connectivity index (χ2v) is 5.42. The molecule has 0 radical (unpaired) electrons. The Morgan fingerprint density at radius 2 is 2.19 bits per heavy atom. The second kappa shape index (κ2) is 5.09. The molecule has 2 atom stereocenters. The van der Waals surface area contributed by atoms with Crippen molar-refractivity contribution in [2.75, 3.05) is 13.1 Å². The fraction of sp³-hybridized carbons (Fsp3) is 0.875. The van der Waals surface area contributed by atoms with E-state index in [4.69, 9.17) is 5.11 Å². The predicted octanol–water partition coefficient (Wildman–Crippen LogP) is -1.25. The van der Waals surface area contributed by atoms with Gasteiger partial charge in [0.2, 0.25) is 0 Å². The van der Waals surface area contributed by atoms with Crippen molar-refractivity contribution in [2.45, 2.75) is 31.9 Å². The van der Waals surface area contributed by atoms with E-state index < -0.39 is 28.3 Å². The van der Waals surface area contributed by atoms with Gasteiger partial charge in [0.1, 0.15) is 6.04 Å². The van der Waals surface area contributed by atoms with E-state index in [-0.39, 0.29) is 19.5 Å². The van der Waals surface area contributed by atoms with Gasteiger partial charge < -0.3 is 10.2 Å². The molecule has 3 N–H and O–H groups in total. The molecule has 0 aromatic heterocycles. The number of carbonyl (C=O) groups is 1. The Balaban J connectivity index is 2.81. The predicted molar refractivity (Wildman–Crippen MR) is 56.0 cm³/mol. The molecule has 1 rings (SSSR count). The molecular weight excluding hydrogens is 236 g/mol. The van der Waals surface area contributed by atoms with Gasteiger partial charge in [0.25, 0.3) is 10.2 Å². The zero-order valence-electron chi connectivity index (χ0n) is 8.96. The van der Waals surface area contributed by atoms with E-state index in [0.29, 0.717) is 6.42 Å². The first-order chi connectivity index (χ1) is 7.38. The molecule has 0 aromatic carbocycles. The van der Waals surface area contributed by atoms with E-state index >= 15 is 0 Å². The van der Waals surface area contributed by atoms with Crippen molar-refractivity contribution in [2.24, 2.45) is 0 Å². The number of carboxylic acids is 1. The maximum Gasteiger partial charge on any atom is 0.322 e. The van der Waals surface area contributed by atoms with Gasteiger partial charge in [-0.1, -0.05) is 6.92 Å². The summed E-state index contributed by atoms with van der Waals surface area (Å²) in [5, 5.41) is 18.2. The van der Waals surface area contributed by atoms with Crippen molar-refractivity contribution in [3.05, 3.63) is 0 Å². The molecule has 8 heteroatoms. The van der Waals surface area contributed by atoms with Gasteiger partial charge in [-0.05, 0) is 6.42 Å². The van der Waals surface area contributed by atoms with Gasteiger partial charge in [-0.3, -0.25) is 4.79 Å². The van der Waals surface area contributed by atoms with Crippen LogP contribution in [-0.2, 0) is 15.0 Å². The molecule has 1 saturated heterocycles. The first kappa shape index (κ1) is 13.4. The standard InChI is InChI=1S/C8H16N2O5S/c1-2-3-9-16(14,15)10-5-6(11)4-7(10)8(12)13/h6-7,9,11H,2-5H2,1H3,(H,12,13)/t6-,7-/m0/s1. The third-order valence-corrected chi connectivity index (χ3v) is 3.95. The average Bonchev–Trinajstić information content (AvgIpc) is 2.58. The van der Waals surface area contributed by atoms with Crippen molar-refractivity contribution >= 4 is 16.2 Å². The van der Waals surface area contributed by atoms with Gasteiger partial charge in [0.05, 0.1) is 6.10 Å². The van der Waals surface area contributed by atoms with Gasteiger partial charge >= 0.3 is 5.97 Å². The summed E-state index contributed by atoms with van der Waals surface area (Å²) in [7, 11) is -3.81. The van der Waals surface area contributed by atoms with Gasteiger partial charge in [0, 0.05) is 19.5 Å². The van der Waals surface area contributed by atoms with Crippen LogP contribution in [0.25, 0.3) is 0 Å². The Morgan fingerprint density at radius 1 is 1.56 bits per heavy atom. The summed E-state index contributed by atoms with van der Waals surface area (Å²) in [6, 6.07) is -1.18. The largest absolute Gasteiger partial charge is 0.480 e. The lowest BCUT2D eigenvalue weighted by atomic mass is 10.2. The van der Waals surface area contributed by atoms with E-state index in [1.807, 2.05) is 0 Å². The topological polar surface area (TPSA) is 107 Å². The highest BCUT2D eigenvalue weighted by atomic mass is 32.2. The van der Waals surface area contributed by atoms with Gasteiger partial charge in [-0.2, -0.15) is 12.7 Å². The number of nitrogens with one attached hydrogen (secondary N) is 1. The zero-order chi connectivity index (χ0) is 12.3. The van der Waals surface area contributed by atoms with Crippen molar-refractivity contribution in [3.63, 3.8) is 0 Å². The number of hydrogen-bond donors (Lipinski definition) is 3. The number of nitrogens with zero attached hydrogens (tertiary/aromatic N) is 1. The maximum atomic E-state index is 11.7. The van der Waals surface area contributed by atoms with Crippen LogP contribution in [0, 0.1) is 0 Å². The van der Waals surface area contributed by atoms with Gasteiger partial charge in [-0.15, -0.1) is 0 Å². The van der Waals surface area contributed by atoms with Crippen LogP contribution < -0.4 is 4.72 Å². The van der Waals surface area contributed by atoms with Crippen LogP contribution in [0.4, 0.5) is 0 Å². The molecule has 0 aromatic rings. The molecule has 0 amide bonds. The lowest BCUT2D eigenvalue weighted by Gasteiger charge is -2.20. The number of aliphatic hydroxyl groups excluding tert-OH is 1. The van der Waals surface area contributed by atoms with Crippen LogP contribution in [0.5, 0.6) is 0 Å². The first-order valence-electron chi connectivity index (χ1n) is 5.05. The molecule has 0 unspecified atom stereocenters. The molecule has 1 aliphatic rings. The van der Waals surface area contributed by atoms with Gasteiger partial charge in [0.15, 0.2) is 0 Å². The molecular formula is C8H16N2O5S. The van der Waals surface area contributed by atoms with E-state index in [2.05, 4.69) is 4.72 Å². The highest BCUT2D eigenvalue weighted by Crippen LogP contribution is 2.20. The Kier molecular flexibility index (Phi) is 4.25. The van der Waals surface area contributed by atoms with Crippen LogP contribution in [0.15, 0.2) is 0 Å². The molecule has 1 fully saturated rings. The lowest BCUT2D eigenvalue weighted by Crippen LogP contribution is -2.46. The molecule has 0 saturated carbocycles. The molecule has 1 heterocycles. The van der Waals surface area contributed by atoms with Crippen molar-refractivity contribution in [3.8, 4) is 0 Å². The fourth-order valence-electron chi connectivity index (χ4n) is 1.59. The first-order valence-corrected chi connectivity index (χ1v) is 6.49. The molecule has 1 aliphatic heterocycles. The summed E-state index contributed by atoms with van der Waals surface area (Å²) in [6.45, 7) is 1.88. The minimum atomic E-state index is -3.81. The summed E-state index contributed by atoms with van der Waals surface area (Å²) in [5.74, 6) is -1.24. The van der Waals surface area contributed by atoms with Crippen LogP contribution >= 0.6 is 0 Å². The Bertz CT molecular complexity index is 355. The smallest absolute Gasteiger partial charge is 0.322 e. The molecule has 7 nitrogen and oxygen atoms in total. The zero-order valence-corrected chi connectivity index (χ0v) is 9.77. The normalized spacial score (nSPS) is 27.1. The molecule has 16 heavy (non-hydrogen) atoms. The highest BCUT2D eigenvalue weighted by Gasteiger charge is 2.42. The minimum absolute atomic E-state index is 0.0671. The van der Waals surface area contributed by atoms with E-state index in [1.165, 1.54) is 0 Å². The number of β-amino-alcohol motifs (C(OH)–C–C–N with tert-alkyl or cyclic N) is 1. The number of rotatable bonds is 5. The van der Waals surface area contributed by atoms with Crippen LogP contribution in [0.3, 0.4) is 0 Å². The second-order valence-electron chi connectivity index (χ2n) is 3.71. The van der Waals surface area contributed by atoms with E-state index in [0.717, 1.165) is 4.31 Å². The lowest BCUT2D eigenvalue weighted by molar-refractivity contribution is -0.140. The van der Waals surface area contributed by atoms with Crippen molar-refractivity contribution in [1.29, 1.82) is 0 Å². The number of hydrogen-bond acceptors (Lipinski definition) is 4. The molecule has 0 bridgehead atoms. The number of aliphatic carboxylic acids is 1. The Hall–Kier alpha value is -0.700. The Labute approximate surface area is 94.2 Å². The maximum absolute atomic E-state index is 11.7. The van der Waals surface area contributed by atoms with Crippen LogP contribution in [0.2, 0.25) is 0 Å².